The van der Waals surface area contributed by atoms with Crippen molar-refractivity contribution in [1.29, 1.82) is 0 Å². The van der Waals surface area contributed by atoms with E-state index in [9.17, 15) is 9.59 Å². The summed E-state index contributed by atoms with van der Waals surface area (Å²) in [4.78, 5) is 24.3. The summed E-state index contributed by atoms with van der Waals surface area (Å²) in [7, 11) is 0. The van der Waals surface area contributed by atoms with Crippen LogP contribution in [0.15, 0.2) is 0 Å². The van der Waals surface area contributed by atoms with Crippen LogP contribution in [-0.4, -0.2) is 53.6 Å². The average Bonchev–Trinajstić information content (AvgIpc) is 2.45. The van der Waals surface area contributed by atoms with Crippen LogP contribution in [0.3, 0.4) is 0 Å². The Balaban J connectivity index is 2.11. The van der Waals surface area contributed by atoms with Crippen molar-refractivity contribution >= 4 is 23.8 Å². The highest BCUT2D eigenvalue weighted by atomic mass is 32.2. The molecule has 2 amide bonds. The second kappa shape index (κ2) is 9.91. The standard InChI is InChI=1S/C14H26N2O3S/c1-20-11-3-2-8-15-14(19)16-9-6-12(7-10-16)4-5-13(17)18/h12H,2-11H2,1H3,(H,15,19)(H,17,18). The van der Waals surface area contributed by atoms with Crippen LogP contribution < -0.4 is 5.32 Å². The van der Waals surface area contributed by atoms with Gasteiger partial charge in [-0.2, -0.15) is 11.8 Å². The Morgan fingerprint density at radius 2 is 2.00 bits per heavy atom. The van der Waals surface area contributed by atoms with Gasteiger partial charge < -0.3 is 15.3 Å². The van der Waals surface area contributed by atoms with Gasteiger partial charge in [-0.15, -0.1) is 0 Å². The Kier molecular flexibility index (Phi) is 8.49. The van der Waals surface area contributed by atoms with E-state index in [-0.39, 0.29) is 12.5 Å². The molecule has 1 aliphatic heterocycles. The maximum Gasteiger partial charge on any atom is 0.317 e. The minimum Gasteiger partial charge on any atom is -0.481 e. The quantitative estimate of drug-likeness (QED) is 0.676. The van der Waals surface area contributed by atoms with Crippen LogP contribution in [0.1, 0.15) is 38.5 Å². The lowest BCUT2D eigenvalue weighted by Gasteiger charge is -2.31. The molecule has 1 rings (SSSR count). The Hall–Kier alpha value is -0.910. The van der Waals surface area contributed by atoms with Gasteiger partial charge in [0, 0.05) is 26.1 Å². The van der Waals surface area contributed by atoms with Crippen LogP contribution in [0.25, 0.3) is 0 Å². The van der Waals surface area contributed by atoms with Crippen molar-refractivity contribution in [2.45, 2.75) is 38.5 Å². The Labute approximate surface area is 125 Å². The number of unbranched alkanes of at least 4 members (excludes halogenated alkanes) is 1. The molecule has 2 N–H and O–H groups in total. The van der Waals surface area contributed by atoms with Crippen molar-refractivity contribution in [2.75, 3.05) is 31.6 Å². The largest absolute Gasteiger partial charge is 0.481 e. The number of nitrogens with zero attached hydrogens (tertiary/aromatic N) is 1. The second-order valence-corrected chi connectivity index (χ2v) is 6.28. The minimum absolute atomic E-state index is 0.0332. The summed E-state index contributed by atoms with van der Waals surface area (Å²) in [5.74, 6) is 0.873. The van der Waals surface area contributed by atoms with E-state index >= 15 is 0 Å². The van der Waals surface area contributed by atoms with Crippen LogP contribution in [0.4, 0.5) is 4.79 Å². The molecule has 6 heteroatoms. The third-order valence-corrected chi connectivity index (χ3v) is 4.42. The Bertz CT molecular complexity index is 305. The summed E-state index contributed by atoms with van der Waals surface area (Å²) >= 11 is 1.83. The lowest BCUT2D eigenvalue weighted by atomic mass is 9.92. The molecule has 0 radical (unpaired) electrons. The fourth-order valence-electron chi connectivity index (χ4n) is 2.43. The van der Waals surface area contributed by atoms with Gasteiger partial charge in [-0.1, -0.05) is 0 Å². The molecule has 20 heavy (non-hydrogen) atoms. The van der Waals surface area contributed by atoms with Crippen LogP contribution in [0, 0.1) is 5.92 Å². The Morgan fingerprint density at radius 3 is 2.60 bits per heavy atom. The topological polar surface area (TPSA) is 69.6 Å². The van der Waals surface area contributed by atoms with Crippen molar-refractivity contribution in [3.8, 4) is 0 Å². The van der Waals surface area contributed by atoms with Gasteiger partial charge in [-0.3, -0.25) is 4.79 Å². The zero-order valence-electron chi connectivity index (χ0n) is 12.3. The highest BCUT2D eigenvalue weighted by molar-refractivity contribution is 7.98. The lowest BCUT2D eigenvalue weighted by molar-refractivity contribution is -0.137. The van der Waals surface area contributed by atoms with Gasteiger partial charge in [0.25, 0.3) is 0 Å². The molecule has 116 valence electrons. The fraction of sp³-hybridized carbons (Fsp3) is 0.857. The fourth-order valence-corrected chi connectivity index (χ4v) is 2.92. The molecular weight excluding hydrogens is 276 g/mol. The number of piperidine rings is 1. The second-order valence-electron chi connectivity index (χ2n) is 5.29. The number of carbonyl (C=O) groups excluding carboxylic acids is 1. The predicted molar refractivity (Wildman–Crippen MR) is 82.2 cm³/mol. The predicted octanol–water partition coefficient (Wildman–Crippen LogP) is 2.42. The van der Waals surface area contributed by atoms with Gasteiger partial charge in [0.1, 0.15) is 0 Å². The molecule has 1 fully saturated rings. The molecule has 0 saturated carbocycles. The molecule has 0 aromatic heterocycles. The third-order valence-electron chi connectivity index (χ3n) is 3.72. The number of rotatable bonds is 8. The number of aliphatic carboxylic acids is 1. The number of amides is 2. The zero-order valence-corrected chi connectivity index (χ0v) is 13.1. The van der Waals surface area contributed by atoms with Crippen LogP contribution in [0.5, 0.6) is 0 Å². The summed E-state index contributed by atoms with van der Waals surface area (Å²) in [6.07, 6.45) is 7.08. The van der Waals surface area contributed by atoms with E-state index in [2.05, 4.69) is 11.6 Å². The van der Waals surface area contributed by atoms with Gasteiger partial charge in [-0.05, 0) is 50.0 Å². The van der Waals surface area contributed by atoms with Crippen molar-refractivity contribution in [1.82, 2.24) is 10.2 Å². The number of hydrogen-bond acceptors (Lipinski definition) is 3. The minimum atomic E-state index is -0.726. The highest BCUT2D eigenvalue weighted by Crippen LogP contribution is 2.21. The van der Waals surface area contributed by atoms with E-state index in [0.29, 0.717) is 5.92 Å². The highest BCUT2D eigenvalue weighted by Gasteiger charge is 2.22. The summed E-state index contributed by atoms with van der Waals surface area (Å²) < 4.78 is 0. The van der Waals surface area contributed by atoms with E-state index in [0.717, 1.165) is 57.5 Å². The first kappa shape index (κ1) is 17.1. The van der Waals surface area contributed by atoms with Gasteiger partial charge >= 0.3 is 12.0 Å². The van der Waals surface area contributed by atoms with Gasteiger partial charge in [-0.25, -0.2) is 4.79 Å². The summed E-state index contributed by atoms with van der Waals surface area (Å²) in [6, 6.07) is 0.0332. The molecular formula is C14H26N2O3S. The lowest BCUT2D eigenvalue weighted by Crippen LogP contribution is -2.44. The first-order valence-electron chi connectivity index (χ1n) is 7.37. The third kappa shape index (κ3) is 7.03. The van der Waals surface area contributed by atoms with E-state index in [4.69, 9.17) is 5.11 Å². The monoisotopic (exact) mass is 302 g/mol. The molecule has 0 bridgehead atoms. The molecule has 1 heterocycles. The number of hydrogen-bond donors (Lipinski definition) is 2. The van der Waals surface area contributed by atoms with E-state index in [1.807, 2.05) is 16.7 Å². The van der Waals surface area contributed by atoms with Crippen molar-refractivity contribution in [3.63, 3.8) is 0 Å². The van der Waals surface area contributed by atoms with E-state index in [1.165, 1.54) is 0 Å². The van der Waals surface area contributed by atoms with Crippen molar-refractivity contribution in [2.24, 2.45) is 5.92 Å². The Morgan fingerprint density at radius 1 is 1.30 bits per heavy atom. The van der Waals surface area contributed by atoms with Gasteiger partial charge in [0.05, 0.1) is 0 Å². The average molecular weight is 302 g/mol. The molecule has 0 unspecified atom stereocenters. The first-order chi connectivity index (χ1) is 9.63. The summed E-state index contributed by atoms with van der Waals surface area (Å²) in [5, 5.41) is 11.6. The SMILES string of the molecule is CSCCCCNC(=O)N1CCC(CCC(=O)O)CC1. The molecule has 0 atom stereocenters. The normalized spacial score (nSPS) is 16.1. The van der Waals surface area contributed by atoms with E-state index in [1.54, 1.807) is 0 Å². The molecule has 5 nitrogen and oxygen atoms in total. The van der Waals surface area contributed by atoms with Gasteiger partial charge in [0.2, 0.25) is 0 Å². The maximum absolute atomic E-state index is 11.9. The van der Waals surface area contributed by atoms with Crippen molar-refractivity contribution < 1.29 is 14.7 Å². The number of likely N-dealkylation sites (tertiary alicyclic amines) is 1. The number of urea groups is 1. The van der Waals surface area contributed by atoms with Crippen molar-refractivity contribution in [3.05, 3.63) is 0 Å². The number of nitrogens with one attached hydrogen (secondary N) is 1. The summed E-state index contributed by atoms with van der Waals surface area (Å²) in [5.41, 5.74) is 0. The maximum atomic E-state index is 11.9. The van der Waals surface area contributed by atoms with Gasteiger partial charge in [0.15, 0.2) is 0 Å². The molecule has 0 spiro atoms. The van der Waals surface area contributed by atoms with Crippen LogP contribution >= 0.6 is 11.8 Å². The van der Waals surface area contributed by atoms with E-state index < -0.39 is 5.97 Å². The van der Waals surface area contributed by atoms with Crippen LogP contribution in [-0.2, 0) is 4.79 Å². The first-order valence-corrected chi connectivity index (χ1v) is 8.76. The number of carbonyl (C=O) groups is 2. The zero-order chi connectivity index (χ0) is 14.8. The number of thioether (sulfide) groups is 1. The number of carboxylic acid groups (broad SMARTS) is 1. The van der Waals surface area contributed by atoms with Crippen LogP contribution in [0.2, 0.25) is 0 Å². The molecule has 0 aromatic rings. The summed E-state index contributed by atoms with van der Waals surface area (Å²) in [6.45, 7) is 2.25. The molecule has 1 saturated heterocycles. The molecule has 0 aromatic carbocycles. The smallest absolute Gasteiger partial charge is 0.317 e. The molecule has 0 aliphatic carbocycles. The number of carboxylic acids is 1. The molecule has 1 aliphatic rings.